The molecule has 1 amide bonds. The van der Waals surface area contributed by atoms with E-state index in [0.29, 0.717) is 17.1 Å². The number of fused-ring (bicyclic) bond motifs is 1. The van der Waals surface area contributed by atoms with Crippen LogP contribution in [-0.4, -0.2) is 39.6 Å². The van der Waals surface area contributed by atoms with Crippen molar-refractivity contribution in [3.8, 4) is 11.4 Å². The Bertz CT molecular complexity index is 1230. The minimum Gasteiger partial charge on any atom is -0.490 e. The maximum atomic E-state index is 13.2. The summed E-state index contributed by atoms with van der Waals surface area (Å²) < 4.78 is 7.88. The van der Waals surface area contributed by atoms with Gasteiger partial charge in [0.15, 0.2) is 0 Å². The van der Waals surface area contributed by atoms with Gasteiger partial charge in [-0.2, -0.15) is 0 Å². The van der Waals surface area contributed by atoms with Crippen LogP contribution in [0.4, 0.5) is 0 Å². The number of ether oxygens (including phenoxy) is 1. The number of piperidine rings is 1. The van der Waals surface area contributed by atoms with Crippen molar-refractivity contribution < 1.29 is 9.53 Å². The molecule has 0 N–H and O–H groups in total. The summed E-state index contributed by atoms with van der Waals surface area (Å²) in [5, 5.41) is 0.625. The van der Waals surface area contributed by atoms with Crippen LogP contribution in [-0.2, 0) is 4.79 Å². The Morgan fingerprint density at radius 1 is 0.941 bits per heavy atom. The first kappa shape index (κ1) is 22.6. The molecule has 0 radical (unpaired) electrons. The fourth-order valence-electron chi connectivity index (χ4n) is 5.38. The molecule has 1 aromatic heterocycles. The number of carbonyl (C=O) groups is 1. The fourth-order valence-corrected chi connectivity index (χ4v) is 5.38. The molecule has 3 aromatic rings. The van der Waals surface area contributed by atoms with E-state index < -0.39 is 0 Å². The molecule has 178 valence electrons. The molecule has 6 heteroatoms. The van der Waals surface area contributed by atoms with Gasteiger partial charge in [0.2, 0.25) is 5.91 Å². The van der Waals surface area contributed by atoms with Crippen LogP contribution in [0.15, 0.2) is 47.3 Å². The van der Waals surface area contributed by atoms with Gasteiger partial charge in [-0.05, 0) is 63.1 Å². The summed E-state index contributed by atoms with van der Waals surface area (Å²) in [6, 6.07) is 13.4. The summed E-state index contributed by atoms with van der Waals surface area (Å²) >= 11 is 0. The summed E-state index contributed by atoms with van der Waals surface area (Å²) in [6.45, 7) is 5.38. The van der Waals surface area contributed by atoms with Crippen molar-refractivity contribution in [2.45, 2.75) is 64.9 Å². The van der Waals surface area contributed by atoms with Crippen LogP contribution in [0, 0.1) is 19.8 Å². The summed E-state index contributed by atoms with van der Waals surface area (Å²) in [5.41, 5.74) is 2.48. The Kier molecular flexibility index (Phi) is 6.40. The number of hydrogen-bond donors (Lipinski definition) is 0. The third-order valence-electron chi connectivity index (χ3n) is 7.30. The number of benzene rings is 2. The van der Waals surface area contributed by atoms with Crippen LogP contribution in [0.3, 0.4) is 0 Å². The third kappa shape index (κ3) is 4.59. The molecule has 2 heterocycles. The fraction of sp³-hybridized carbons (Fsp3) is 0.464. The first-order valence-electron chi connectivity index (χ1n) is 12.6. The summed E-state index contributed by atoms with van der Waals surface area (Å²) in [7, 11) is 0. The summed E-state index contributed by atoms with van der Waals surface area (Å²) in [6.07, 6.45) is 7.56. The average Bonchev–Trinajstić information content (AvgIpc) is 2.86. The van der Waals surface area contributed by atoms with E-state index >= 15 is 0 Å². The van der Waals surface area contributed by atoms with Gasteiger partial charge in [0.25, 0.3) is 5.56 Å². The minimum absolute atomic E-state index is 0.0603. The number of aryl methyl sites for hydroxylation is 2. The molecule has 0 unspecified atom stereocenters. The maximum Gasteiger partial charge on any atom is 0.265 e. The lowest BCUT2D eigenvalue weighted by atomic mass is 9.88. The highest BCUT2D eigenvalue weighted by molar-refractivity contribution is 5.79. The first-order valence-corrected chi connectivity index (χ1v) is 12.6. The van der Waals surface area contributed by atoms with Crippen molar-refractivity contribution in [2.24, 2.45) is 5.92 Å². The SMILES string of the molecule is Cc1ccc2nc(C)n(-c3ccc(OC4CCN(C(=O)C5CCCCC5)CC4)cc3)c(=O)c2c1. The van der Waals surface area contributed by atoms with Gasteiger partial charge < -0.3 is 9.64 Å². The van der Waals surface area contributed by atoms with E-state index in [1.807, 2.05) is 61.2 Å². The number of hydrogen-bond acceptors (Lipinski definition) is 4. The van der Waals surface area contributed by atoms with E-state index in [1.54, 1.807) is 4.57 Å². The second-order valence-corrected chi connectivity index (χ2v) is 9.79. The van der Waals surface area contributed by atoms with E-state index in [9.17, 15) is 9.59 Å². The lowest BCUT2D eigenvalue weighted by molar-refractivity contribution is -0.138. The minimum atomic E-state index is -0.0603. The summed E-state index contributed by atoms with van der Waals surface area (Å²) in [5.74, 6) is 2.03. The second kappa shape index (κ2) is 9.61. The predicted molar refractivity (Wildman–Crippen MR) is 134 cm³/mol. The Morgan fingerprint density at radius 3 is 2.35 bits per heavy atom. The highest BCUT2D eigenvalue weighted by Crippen LogP contribution is 2.27. The monoisotopic (exact) mass is 459 g/mol. The number of likely N-dealkylation sites (tertiary alicyclic amines) is 1. The predicted octanol–water partition coefficient (Wildman–Crippen LogP) is 4.95. The van der Waals surface area contributed by atoms with E-state index in [0.717, 1.165) is 61.3 Å². The van der Waals surface area contributed by atoms with Gasteiger partial charge in [-0.15, -0.1) is 0 Å². The van der Waals surface area contributed by atoms with Crippen LogP contribution in [0.2, 0.25) is 0 Å². The Balaban J connectivity index is 1.24. The lowest BCUT2D eigenvalue weighted by Crippen LogP contribution is -2.44. The quantitative estimate of drug-likeness (QED) is 0.554. The molecule has 0 atom stereocenters. The molecule has 2 fully saturated rings. The van der Waals surface area contributed by atoms with Crippen molar-refractivity contribution in [1.29, 1.82) is 0 Å². The normalized spacial score (nSPS) is 17.8. The van der Waals surface area contributed by atoms with Gasteiger partial charge in [0, 0.05) is 31.8 Å². The Labute approximate surface area is 200 Å². The van der Waals surface area contributed by atoms with Gasteiger partial charge in [-0.1, -0.05) is 30.9 Å². The molecule has 1 aliphatic carbocycles. The van der Waals surface area contributed by atoms with Crippen molar-refractivity contribution in [2.75, 3.05) is 13.1 Å². The van der Waals surface area contributed by atoms with E-state index in [-0.39, 0.29) is 17.6 Å². The van der Waals surface area contributed by atoms with E-state index in [1.165, 1.54) is 19.3 Å². The first-order chi connectivity index (χ1) is 16.5. The number of amides is 1. The molecule has 0 spiro atoms. The molecule has 6 nitrogen and oxygen atoms in total. The van der Waals surface area contributed by atoms with Crippen LogP contribution in [0.5, 0.6) is 5.75 Å². The van der Waals surface area contributed by atoms with Gasteiger partial charge in [-0.3, -0.25) is 14.2 Å². The van der Waals surface area contributed by atoms with Crippen LogP contribution in [0.1, 0.15) is 56.3 Å². The molecule has 0 bridgehead atoms. The highest BCUT2D eigenvalue weighted by atomic mass is 16.5. The van der Waals surface area contributed by atoms with E-state index in [4.69, 9.17) is 4.74 Å². The van der Waals surface area contributed by atoms with Gasteiger partial charge in [0.1, 0.15) is 17.7 Å². The molecule has 34 heavy (non-hydrogen) atoms. The van der Waals surface area contributed by atoms with Crippen molar-refractivity contribution in [3.63, 3.8) is 0 Å². The van der Waals surface area contributed by atoms with Crippen molar-refractivity contribution >= 4 is 16.8 Å². The lowest BCUT2D eigenvalue weighted by Gasteiger charge is -2.35. The smallest absolute Gasteiger partial charge is 0.265 e. The summed E-state index contributed by atoms with van der Waals surface area (Å²) in [4.78, 5) is 32.6. The van der Waals surface area contributed by atoms with Gasteiger partial charge >= 0.3 is 0 Å². The average molecular weight is 460 g/mol. The topological polar surface area (TPSA) is 64.4 Å². The molecule has 1 saturated carbocycles. The number of aromatic nitrogens is 2. The van der Waals surface area contributed by atoms with Crippen molar-refractivity contribution in [1.82, 2.24) is 14.5 Å². The zero-order chi connectivity index (χ0) is 23.7. The maximum absolute atomic E-state index is 13.2. The van der Waals surface area contributed by atoms with Crippen molar-refractivity contribution in [3.05, 3.63) is 64.2 Å². The standard InChI is InChI=1S/C28H33N3O3/c1-19-8-13-26-25(18-19)28(33)31(20(2)29-26)22-9-11-23(12-10-22)34-24-14-16-30(17-15-24)27(32)21-6-4-3-5-7-21/h8-13,18,21,24H,3-7,14-17H2,1-2H3. The number of carbonyl (C=O) groups excluding carboxylic acids is 1. The molecular weight excluding hydrogens is 426 g/mol. The van der Waals surface area contributed by atoms with Gasteiger partial charge in [-0.25, -0.2) is 4.98 Å². The number of rotatable bonds is 4. The highest BCUT2D eigenvalue weighted by Gasteiger charge is 2.29. The molecular formula is C28H33N3O3. The molecule has 1 aliphatic heterocycles. The molecule has 5 rings (SSSR count). The largest absolute Gasteiger partial charge is 0.490 e. The second-order valence-electron chi connectivity index (χ2n) is 9.79. The van der Waals surface area contributed by atoms with E-state index in [2.05, 4.69) is 4.98 Å². The van der Waals surface area contributed by atoms with Crippen LogP contribution in [0.25, 0.3) is 16.6 Å². The molecule has 2 aromatic carbocycles. The van der Waals surface area contributed by atoms with Crippen LogP contribution >= 0.6 is 0 Å². The molecule has 2 aliphatic rings. The van der Waals surface area contributed by atoms with Crippen LogP contribution < -0.4 is 10.3 Å². The number of nitrogens with zero attached hydrogens (tertiary/aromatic N) is 3. The van der Waals surface area contributed by atoms with Gasteiger partial charge in [0.05, 0.1) is 16.6 Å². The third-order valence-corrected chi connectivity index (χ3v) is 7.30. The Hall–Kier alpha value is -3.15. The zero-order valence-corrected chi connectivity index (χ0v) is 20.1. The zero-order valence-electron chi connectivity index (χ0n) is 20.1. The molecule has 1 saturated heterocycles. The Morgan fingerprint density at radius 2 is 1.65 bits per heavy atom.